The summed E-state index contributed by atoms with van der Waals surface area (Å²) in [6.45, 7) is 0.375. The molecule has 3 aromatic heterocycles. The smallest absolute Gasteiger partial charge is 0.354 e. The summed E-state index contributed by atoms with van der Waals surface area (Å²) in [6, 6.07) is 27.3. The average Bonchev–Trinajstić information content (AvgIpc) is 3.14. The lowest BCUT2D eigenvalue weighted by Crippen LogP contribution is -2.41. The van der Waals surface area contributed by atoms with Crippen LogP contribution >= 0.6 is 0 Å². The SMILES string of the molecule is O=C(N[C@H](C(=O)NCCc1ccncc1)c1ccccc1)c1ccc2nc(NC(=O)c3cccnc3-c3ccc(C(F)(F)F)cc3)ccc2c1. The molecule has 0 saturated carbocycles. The molecule has 0 bridgehead atoms. The van der Waals surface area contributed by atoms with Crippen LogP contribution in [-0.4, -0.2) is 39.2 Å². The highest BCUT2D eigenvalue weighted by atomic mass is 19.4. The van der Waals surface area contributed by atoms with Crippen LogP contribution in [-0.2, 0) is 17.4 Å². The zero-order valence-electron chi connectivity index (χ0n) is 26.3. The van der Waals surface area contributed by atoms with E-state index in [2.05, 4.69) is 30.9 Å². The summed E-state index contributed by atoms with van der Waals surface area (Å²) in [5.74, 6) is -1.15. The van der Waals surface area contributed by atoms with Gasteiger partial charge in [-0.15, -0.1) is 0 Å². The van der Waals surface area contributed by atoms with E-state index in [1.54, 1.807) is 73.1 Å². The second kappa shape index (κ2) is 14.8. The third kappa shape index (κ3) is 7.98. The fourth-order valence-corrected chi connectivity index (χ4v) is 5.30. The van der Waals surface area contributed by atoms with Gasteiger partial charge in [0.1, 0.15) is 11.9 Å². The van der Waals surface area contributed by atoms with E-state index in [1.807, 2.05) is 18.2 Å². The first kappa shape index (κ1) is 33.5. The monoisotopic (exact) mass is 674 g/mol. The molecule has 6 rings (SSSR count). The molecule has 0 spiro atoms. The summed E-state index contributed by atoms with van der Waals surface area (Å²) in [5, 5.41) is 9.09. The molecule has 0 aliphatic carbocycles. The number of amides is 3. The Kier molecular flexibility index (Phi) is 9.89. The number of alkyl halides is 3. The van der Waals surface area contributed by atoms with Crippen molar-refractivity contribution < 1.29 is 27.6 Å². The largest absolute Gasteiger partial charge is 0.416 e. The van der Waals surface area contributed by atoms with Gasteiger partial charge >= 0.3 is 6.18 Å². The van der Waals surface area contributed by atoms with E-state index in [1.165, 1.54) is 24.4 Å². The molecular formula is C38H29F3N6O3. The molecule has 9 nitrogen and oxygen atoms in total. The molecule has 3 heterocycles. The van der Waals surface area contributed by atoms with Gasteiger partial charge in [0.25, 0.3) is 11.8 Å². The lowest BCUT2D eigenvalue weighted by atomic mass is 10.0. The van der Waals surface area contributed by atoms with E-state index < -0.39 is 29.6 Å². The standard InChI is InChI=1S/C38H29F3N6O3/c39-38(40,41)29-12-8-26(9-13-29)33-30(7-4-19-43-33)36(49)46-32-15-11-27-23-28(10-14-31(27)45-32)35(48)47-34(25-5-2-1-3-6-25)37(50)44-22-18-24-16-20-42-21-17-24/h1-17,19-21,23,34H,18,22H2,(H,44,50)(H,47,48)(H,45,46,49)/t34-/m0/s1. The normalized spacial score (nSPS) is 11.8. The number of hydrogen-bond donors (Lipinski definition) is 3. The van der Waals surface area contributed by atoms with Crippen molar-refractivity contribution in [2.24, 2.45) is 0 Å². The first-order chi connectivity index (χ1) is 24.2. The summed E-state index contributed by atoms with van der Waals surface area (Å²) in [6.07, 6.45) is 0.939. The molecule has 0 radical (unpaired) electrons. The van der Waals surface area contributed by atoms with Gasteiger partial charge in [-0.1, -0.05) is 42.5 Å². The Bertz CT molecular complexity index is 2140. The van der Waals surface area contributed by atoms with Crippen LogP contribution < -0.4 is 16.0 Å². The summed E-state index contributed by atoms with van der Waals surface area (Å²) < 4.78 is 39.1. The fourth-order valence-electron chi connectivity index (χ4n) is 5.30. The van der Waals surface area contributed by atoms with Gasteiger partial charge in [-0.2, -0.15) is 13.2 Å². The Balaban J connectivity index is 1.15. The van der Waals surface area contributed by atoms with Crippen molar-refractivity contribution >= 4 is 34.4 Å². The van der Waals surface area contributed by atoms with Crippen LogP contribution in [0.3, 0.4) is 0 Å². The summed E-state index contributed by atoms with van der Waals surface area (Å²) in [5.41, 5.74) is 2.34. The van der Waals surface area contributed by atoms with Crippen molar-refractivity contribution in [2.75, 3.05) is 11.9 Å². The molecular weight excluding hydrogens is 645 g/mol. The highest BCUT2D eigenvalue weighted by Gasteiger charge is 2.30. The molecule has 0 aliphatic heterocycles. The van der Waals surface area contributed by atoms with Gasteiger partial charge in [-0.3, -0.25) is 24.4 Å². The number of anilines is 1. The second-order valence-corrected chi connectivity index (χ2v) is 11.2. The van der Waals surface area contributed by atoms with Crippen molar-refractivity contribution in [3.63, 3.8) is 0 Å². The Morgan fingerprint density at radius 2 is 1.52 bits per heavy atom. The number of carbonyl (C=O) groups excluding carboxylic acids is 3. The molecule has 0 aliphatic rings. The predicted molar refractivity (Wildman–Crippen MR) is 182 cm³/mol. The summed E-state index contributed by atoms with van der Waals surface area (Å²) in [4.78, 5) is 52.7. The Morgan fingerprint density at radius 1 is 0.760 bits per heavy atom. The van der Waals surface area contributed by atoms with Crippen LogP contribution in [0, 0.1) is 0 Å². The van der Waals surface area contributed by atoms with Gasteiger partial charge < -0.3 is 16.0 Å². The maximum atomic E-state index is 13.4. The molecule has 250 valence electrons. The maximum Gasteiger partial charge on any atom is 0.416 e. The molecule has 0 fully saturated rings. The van der Waals surface area contributed by atoms with Gasteiger partial charge in [0.2, 0.25) is 5.91 Å². The molecule has 12 heteroatoms. The minimum Gasteiger partial charge on any atom is -0.354 e. The van der Waals surface area contributed by atoms with Crippen molar-refractivity contribution in [3.8, 4) is 11.3 Å². The van der Waals surface area contributed by atoms with Crippen LogP contribution in [0.5, 0.6) is 0 Å². The zero-order valence-corrected chi connectivity index (χ0v) is 26.3. The molecule has 1 atom stereocenters. The van der Waals surface area contributed by atoms with E-state index >= 15 is 0 Å². The number of aromatic nitrogens is 3. The van der Waals surface area contributed by atoms with Gasteiger partial charge in [0.15, 0.2) is 0 Å². The number of nitrogens with zero attached hydrogens (tertiary/aromatic N) is 3. The molecule has 3 N–H and O–H groups in total. The Morgan fingerprint density at radius 3 is 2.26 bits per heavy atom. The Hall–Kier alpha value is -6.43. The maximum absolute atomic E-state index is 13.4. The second-order valence-electron chi connectivity index (χ2n) is 11.2. The summed E-state index contributed by atoms with van der Waals surface area (Å²) in [7, 11) is 0. The number of hydrogen-bond acceptors (Lipinski definition) is 6. The highest BCUT2D eigenvalue weighted by molar-refractivity contribution is 6.08. The lowest BCUT2D eigenvalue weighted by molar-refractivity contribution is -0.137. The first-order valence-electron chi connectivity index (χ1n) is 15.5. The number of carbonyl (C=O) groups is 3. The number of nitrogens with one attached hydrogen (secondary N) is 3. The molecule has 3 aromatic carbocycles. The molecule has 50 heavy (non-hydrogen) atoms. The minimum atomic E-state index is -4.49. The van der Waals surface area contributed by atoms with Crippen LogP contribution in [0.15, 0.2) is 128 Å². The number of fused-ring (bicyclic) bond motifs is 1. The van der Waals surface area contributed by atoms with Gasteiger partial charge in [-0.05, 0) is 84.3 Å². The van der Waals surface area contributed by atoms with Crippen LogP contribution in [0.2, 0.25) is 0 Å². The van der Waals surface area contributed by atoms with E-state index in [0.717, 1.165) is 17.7 Å². The Labute approximate surface area is 284 Å². The van der Waals surface area contributed by atoms with Crippen molar-refractivity contribution in [1.29, 1.82) is 0 Å². The van der Waals surface area contributed by atoms with Crippen LogP contribution in [0.4, 0.5) is 19.0 Å². The third-order valence-corrected chi connectivity index (χ3v) is 7.86. The van der Waals surface area contributed by atoms with E-state index in [4.69, 9.17) is 0 Å². The first-order valence-corrected chi connectivity index (χ1v) is 15.5. The van der Waals surface area contributed by atoms with E-state index in [9.17, 15) is 27.6 Å². The number of benzene rings is 3. The van der Waals surface area contributed by atoms with Crippen LogP contribution in [0.1, 0.15) is 43.4 Å². The van der Waals surface area contributed by atoms with Crippen molar-refractivity contribution in [1.82, 2.24) is 25.6 Å². The van der Waals surface area contributed by atoms with Crippen molar-refractivity contribution in [3.05, 3.63) is 156 Å². The third-order valence-electron chi connectivity index (χ3n) is 7.86. The van der Waals surface area contributed by atoms with Gasteiger partial charge in [-0.25, -0.2) is 4.98 Å². The molecule has 0 unspecified atom stereocenters. The zero-order chi connectivity index (χ0) is 35.1. The topological polar surface area (TPSA) is 126 Å². The van der Waals surface area contributed by atoms with Crippen LogP contribution in [0.25, 0.3) is 22.2 Å². The van der Waals surface area contributed by atoms with Gasteiger partial charge in [0, 0.05) is 41.6 Å². The molecule has 0 saturated heterocycles. The quantitative estimate of drug-likeness (QED) is 0.147. The minimum absolute atomic E-state index is 0.149. The number of pyridine rings is 3. The van der Waals surface area contributed by atoms with Crippen molar-refractivity contribution in [2.45, 2.75) is 18.6 Å². The summed E-state index contributed by atoms with van der Waals surface area (Å²) >= 11 is 0. The lowest BCUT2D eigenvalue weighted by Gasteiger charge is -2.19. The number of rotatable bonds is 10. The highest BCUT2D eigenvalue weighted by Crippen LogP contribution is 2.31. The van der Waals surface area contributed by atoms with E-state index in [0.29, 0.717) is 40.6 Å². The molecule has 6 aromatic rings. The van der Waals surface area contributed by atoms with E-state index in [-0.39, 0.29) is 23.0 Å². The van der Waals surface area contributed by atoms with Gasteiger partial charge in [0.05, 0.1) is 22.3 Å². The predicted octanol–water partition coefficient (Wildman–Crippen LogP) is 6.79. The average molecular weight is 675 g/mol. The number of halogens is 3. The molecule has 3 amide bonds. The fraction of sp³-hybridized carbons (Fsp3) is 0.105.